The summed E-state index contributed by atoms with van der Waals surface area (Å²) in [6.45, 7) is 0. The predicted molar refractivity (Wildman–Crippen MR) is 138 cm³/mol. The Morgan fingerprint density at radius 3 is 2.53 bits per heavy atom. The predicted octanol–water partition coefficient (Wildman–Crippen LogP) is 4.28. The number of urea groups is 1. The van der Waals surface area contributed by atoms with Gasteiger partial charge in [0.1, 0.15) is 11.6 Å². The molecule has 1 aliphatic rings. The van der Waals surface area contributed by atoms with Crippen LogP contribution in [-0.4, -0.2) is 38.8 Å². The number of aromatic nitrogens is 3. The summed E-state index contributed by atoms with van der Waals surface area (Å²) in [4.78, 5) is 29.7. The van der Waals surface area contributed by atoms with Crippen molar-refractivity contribution < 1.29 is 14.0 Å². The highest BCUT2D eigenvalue weighted by atomic mass is 32.1. The van der Waals surface area contributed by atoms with Crippen molar-refractivity contribution in [2.75, 3.05) is 11.1 Å². The third-order valence-corrected chi connectivity index (χ3v) is 7.42. The Labute approximate surface area is 210 Å². The second-order valence-electron chi connectivity index (χ2n) is 8.91. The molecule has 3 amide bonds. The van der Waals surface area contributed by atoms with Gasteiger partial charge in [0, 0.05) is 58.1 Å². The fourth-order valence-corrected chi connectivity index (χ4v) is 5.64. The molecule has 0 aliphatic heterocycles. The molecule has 9 nitrogen and oxygen atoms in total. The van der Waals surface area contributed by atoms with Gasteiger partial charge in [0.2, 0.25) is 0 Å². The molecule has 186 valence electrons. The van der Waals surface area contributed by atoms with Crippen LogP contribution >= 0.6 is 11.3 Å². The quantitative estimate of drug-likeness (QED) is 0.321. The van der Waals surface area contributed by atoms with E-state index in [0.717, 1.165) is 15.8 Å². The Morgan fingerprint density at radius 1 is 1.11 bits per heavy atom. The maximum Gasteiger partial charge on any atom is 0.319 e. The molecule has 1 aromatic carbocycles. The van der Waals surface area contributed by atoms with Crippen LogP contribution in [0.25, 0.3) is 21.2 Å². The lowest BCUT2D eigenvalue weighted by Crippen LogP contribution is -2.45. The number of fused-ring (bicyclic) bond motifs is 1. The van der Waals surface area contributed by atoms with Crippen LogP contribution in [0.15, 0.2) is 48.2 Å². The molecule has 1 aliphatic carbocycles. The van der Waals surface area contributed by atoms with Crippen LogP contribution in [-0.2, 0) is 7.05 Å². The molecule has 0 spiro atoms. The molecule has 5 rings (SSSR count). The SMILES string of the molecule is Cn1cc(-c2cnc(N)c3c(C(=O)NC4CCC(NC(=O)Nc5ccccc5F)CC4)csc23)cn1. The van der Waals surface area contributed by atoms with Crippen LogP contribution < -0.4 is 21.7 Å². The molecule has 11 heteroatoms. The number of hydrogen-bond donors (Lipinski definition) is 4. The summed E-state index contributed by atoms with van der Waals surface area (Å²) < 4.78 is 16.4. The van der Waals surface area contributed by atoms with E-state index in [2.05, 4.69) is 26.0 Å². The van der Waals surface area contributed by atoms with Crippen molar-refractivity contribution in [3.8, 4) is 11.1 Å². The number of carbonyl (C=O) groups excluding carboxylic acids is 2. The van der Waals surface area contributed by atoms with Gasteiger partial charge >= 0.3 is 6.03 Å². The summed E-state index contributed by atoms with van der Waals surface area (Å²) in [5.74, 6) is -0.354. The number of rotatable bonds is 5. The van der Waals surface area contributed by atoms with Gasteiger partial charge < -0.3 is 21.7 Å². The minimum absolute atomic E-state index is 0.0178. The van der Waals surface area contributed by atoms with Crippen LogP contribution in [0.2, 0.25) is 0 Å². The van der Waals surface area contributed by atoms with E-state index in [4.69, 9.17) is 5.73 Å². The van der Waals surface area contributed by atoms with Gasteiger partial charge in [0.25, 0.3) is 5.91 Å². The number of halogens is 1. The van der Waals surface area contributed by atoms with Crippen molar-refractivity contribution in [1.82, 2.24) is 25.4 Å². The fraction of sp³-hybridized carbons (Fsp3) is 0.280. The van der Waals surface area contributed by atoms with E-state index in [0.29, 0.717) is 42.5 Å². The molecule has 0 saturated heterocycles. The number of carbonyl (C=O) groups is 2. The summed E-state index contributed by atoms with van der Waals surface area (Å²) >= 11 is 1.46. The number of aryl methyl sites for hydroxylation is 1. The molecular formula is C25H26FN7O2S. The maximum absolute atomic E-state index is 13.8. The highest BCUT2D eigenvalue weighted by Crippen LogP contribution is 2.37. The Balaban J connectivity index is 1.20. The number of amides is 3. The lowest BCUT2D eigenvalue weighted by molar-refractivity contribution is 0.0926. The molecule has 3 aromatic heterocycles. The second kappa shape index (κ2) is 9.94. The first-order chi connectivity index (χ1) is 17.4. The van der Waals surface area contributed by atoms with Gasteiger partial charge in [-0.1, -0.05) is 12.1 Å². The van der Waals surface area contributed by atoms with Gasteiger partial charge in [0.05, 0.1) is 17.4 Å². The summed E-state index contributed by atoms with van der Waals surface area (Å²) in [5, 5.41) is 15.2. The van der Waals surface area contributed by atoms with Crippen LogP contribution in [0, 0.1) is 5.82 Å². The largest absolute Gasteiger partial charge is 0.383 e. The first kappa shape index (κ1) is 23.7. The van der Waals surface area contributed by atoms with E-state index in [1.165, 1.54) is 23.5 Å². The van der Waals surface area contributed by atoms with E-state index in [9.17, 15) is 14.0 Å². The van der Waals surface area contributed by atoms with Crippen molar-refractivity contribution in [3.63, 3.8) is 0 Å². The molecule has 4 aromatic rings. The molecule has 36 heavy (non-hydrogen) atoms. The van der Waals surface area contributed by atoms with Gasteiger partial charge in [0.15, 0.2) is 0 Å². The Kier molecular flexibility index (Phi) is 6.55. The summed E-state index contributed by atoms with van der Waals surface area (Å²) in [7, 11) is 1.85. The summed E-state index contributed by atoms with van der Waals surface area (Å²) in [6.07, 6.45) is 8.21. The Morgan fingerprint density at radius 2 is 1.83 bits per heavy atom. The number of para-hydroxylation sites is 1. The second-order valence-corrected chi connectivity index (χ2v) is 9.79. The number of anilines is 2. The van der Waals surface area contributed by atoms with Crippen LogP contribution in [0.1, 0.15) is 36.0 Å². The topological polar surface area (TPSA) is 127 Å². The van der Waals surface area contributed by atoms with Gasteiger partial charge in [-0.05, 0) is 37.8 Å². The van der Waals surface area contributed by atoms with Gasteiger partial charge in [-0.15, -0.1) is 11.3 Å². The van der Waals surface area contributed by atoms with Crippen LogP contribution in [0.4, 0.5) is 20.7 Å². The average molecular weight is 508 g/mol. The zero-order valence-corrected chi connectivity index (χ0v) is 20.4. The first-order valence-electron chi connectivity index (χ1n) is 11.7. The van der Waals surface area contributed by atoms with Crippen molar-refractivity contribution in [2.45, 2.75) is 37.8 Å². The molecule has 3 heterocycles. The molecule has 1 fully saturated rings. The molecule has 0 atom stereocenters. The molecule has 0 bridgehead atoms. The maximum atomic E-state index is 13.8. The van der Waals surface area contributed by atoms with Crippen molar-refractivity contribution in [3.05, 3.63) is 59.6 Å². The standard InChI is InChI=1S/C25H26FN7O2S/c1-33-12-14(10-29-33)17-11-28-23(27)21-18(13-36-22(17)21)24(34)30-15-6-8-16(9-7-15)31-25(35)32-20-5-3-2-4-19(20)26/h2-5,10-13,15-16H,6-9H2,1H3,(H2,27,28)(H,30,34)(H2,31,32,35). The minimum Gasteiger partial charge on any atom is -0.383 e. The lowest BCUT2D eigenvalue weighted by Gasteiger charge is -2.29. The highest BCUT2D eigenvalue weighted by Gasteiger charge is 2.26. The van der Waals surface area contributed by atoms with E-state index in [-0.39, 0.29) is 23.7 Å². The first-order valence-corrected chi connectivity index (χ1v) is 12.5. The normalized spacial score (nSPS) is 17.6. The molecule has 0 unspecified atom stereocenters. The number of benzene rings is 1. The highest BCUT2D eigenvalue weighted by molar-refractivity contribution is 7.18. The number of nitrogens with zero attached hydrogens (tertiary/aromatic N) is 3. The molecule has 0 radical (unpaired) electrons. The fourth-order valence-electron chi connectivity index (χ4n) is 4.55. The number of nitrogen functional groups attached to an aromatic ring is 1. The zero-order valence-electron chi connectivity index (χ0n) is 19.6. The number of hydrogen-bond acceptors (Lipinski definition) is 6. The van der Waals surface area contributed by atoms with Gasteiger partial charge in [-0.3, -0.25) is 9.48 Å². The molecule has 1 saturated carbocycles. The van der Waals surface area contributed by atoms with Crippen LogP contribution in [0.3, 0.4) is 0 Å². The Hall–Kier alpha value is -3.99. The minimum atomic E-state index is -0.483. The van der Waals surface area contributed by atoms with E-state index >= 15 is 0 Å². The van der Waals surface area contributed by atoms with Crippen LogP contribution in [0.5, 0.6) is 0 Å². The van der Waals surface area contributed by atoms with E-state index in [1.54, 1.807) is 29.2 Å². The van der Waals surface area contributed by atoms with Crippen molar-refractivity contribution >= 4 is 44.9 Å². The monoisotopic (exact) mass is 507 g/mol. The van der Waals surface area contributed by atoms with Gasteiger partial charge in [-0.2, -0.15) is 5.10 Å². The summed E-state index contributed by atoms with van der Waals surface area (Å²) in [6, 6.07) is 5.53. The van der Waals surface area contributed by atoms with Gasteiger partial charge in [-0.25, -0.2) is 14.2 Å². The van der Waals surface area contributed by atoms with E-state index in [1.807, 2.05) is 18.6 Å². The smallest absolute Gasteiger partial charge is 0.319 e. The number of pyridine rings is 1. The molecule has 5 N–H and O–H groups in total. The van der Waals surface area contributed by atoms with E-state index < -0.39 is 11.8 Å². The number of nitrogens with one attached hydrogen (secondary N) is 3. The Bertz CT molecular complexity index is 1430. The average Bonchev–Trinajstić information content (AvgIpc) is 3.49. The third kappa shape index (κ3) is 4.87. The number of nitrogens with two attached hydrogens (primary N) is 1. The third-order valence-electron chi connectivity index (χ3n) is 6.40. The zero-order chi connectivity index (χ0) is 25.2. The lowest BCUT2D eigenvalue weighted by atomic mass is 9.91. The van der Waals surface area contributed by atoms with Crippen molar-refractivity contribution in [1.29, 1.82) is 0 Å². The molecular weight excluding hydrogens is 481 g/mol. The number of thiophene rings is 1. The van der Waals surface area contributed by atoms with Crippen molar-refractivity contribution in [2.24, 2.45) is 7.05 Å². The summed E-state index contributed by atoms with van der Waals surface area (Å²) in [5.41, 5.74) is 8.62.